The molecule has 0 saturated carbocycles. The maximum Gasteiger partial charge on any atom is 0.191 e. The largest absolute Gasteiger partial charge is 0.390 e. The number of ether oxygens (including phenoxy) is 1. The molecule has 6 heteroatoms. The second kappa shape index (κ2) is 7.11. The highest BCUT2D eigenvalue weighted by Gasteiger charge is 2.16. The van der Waals surface area contributed by atoms with Crippen molar-refractivity contribution in [2.45, 2.75) is 50.4 Å². The zero-order valence-corrected chi connectivity index (χ0v) is 11.7. The molecule has 102 valence electrons. The van der Waals surface area contributed by atoms with E-state index in [2.05, 4.69) is 14.8 Å². The van der Waals surface area contributed by atoms with Gasteiger partial charge >= 0.3 is 0 Å². The Kier molecular flexibility index (Phi) is 5.46. The van der Waals surface area contributed by atoms with E-state index in [1.54, 1.807) is 11.8 Å². The average molecular weight is 271 g/mol. The summed E-state index contributed by atoms with van der Waals surface area (Å²) in [5.74, 6) is 1.70. The van der Waals surface area contributed by atoms with Crippen LogP contribution < -0.4 is 0 Å². The highest BCUT2D eigenvalue weighted by atomic mass is 32.2. The summed E-state index contributed by atoms with van der Waals surface area (Å²) in [6, 6.07) is 0. The third-order valence-corrected chi connectivity index (χ3v) is 4.11. The van der Waals surface area contributed by atoms with E-state index < -0.39 is 6.10 Å². The number of fused-ring (bicyclic) bond motifs is 1. The van der Waals surface area contributed by atoms with Crippen LogP contribution in [0.15, 0.2) is 5.16 Å². The summed E-state index contributed by atoms with van der Waals surface area (Å²) in [4.78, 5) is 0. The van der Waals surface area contributed by atoms with Gasteiger partial charge in [-0.3, -0.25) is 0 Å². The second-order valence-electron chi connectivity index (χ2n) is 4.49. The summed E-state index contributed by atoms with van der Waals surface area (Å²) in [6.07, 6.45) is 4.25. The first-order valence-electron chi connectivity index (χ1n) is 6.62. The lowest BCUT2D eigenvalue weighted by Crippen LogP contribution is -2.18. The van der Waals surface area contributed by atoms with Crippen molar-refractivity contribution in [2.24, 2.45) is 0 Å². The molecule has 2 rings (SSSR count). The molecule has 1 aromatic rings. The highest BCUT2D eigenvalue weighted by Crippen LogP contribution is 2.22. The van der Waals surface area contributed by atoms with Crippen LogP contribution in [0.25, 0.3) is 0 Å². The molecular weight excluding hydrogens is 250 g/mol. The number of rotatable bonds is 6. The monoisotopic (exact) mass is 271 g/mol. The summed E-state index contributed by atoms with van der Waals surface area (Å²) in [7, 11) is 0. The number of hydrogen-bond acceptors (Lipinski definition) is 5. The number of nitrogens with zero attached hydrogens (tertiary/aromatic N) is 3. The Hall–Kier alpha value is -0.590. The van der Waals surface area contributed by atoms with Gasteiger partial charge in [-0.1, -0.05) is 18.2 Å². The number of thioether (sulfide) groups is 1. The highest BCUT2D eigenvalue weighted by molar-refractivity contribution is 7.99. The van der Waals surface area contributed by atoms with E-state index in [1.165, 1.54) is 19.3 Å². The second-order valence-corrected chi connectivity index (χ2v) is 5.47. The molecule has 5 nitrogen and oxygen atoms in total. The van der Waals surface area contributed by atoms with Crippen LogP contribution in [0, 0.1) is 0 Å². The summed E-state index contributed by atoms with van der Waals surface area (Å²) in [5.41, 5.74) is 0. The predicted molar refractivity (Wildman–Crippen MR) is 70.8 cm³/mol. The van der Waals surface area contributed by atoms with Crippen molar-refractivity contribution >= 4 is 11.8 Å². The van der Waals surface area contributed by atoms with Gasteiger partial charge in [-0.25, -0.2) is 0 Å². The molecule has 18 heavy (non-hydrogen) atoms. The van der Waals surface area contributed by atoms with Gasteiger partial charge in [0.2, 0.25) is 0 Å². The van der Waals surface area contributed by atoms with Gasteiger partial charge in [0.25, 0.3) is 0 Å². The van der Waals surface area contributed by atoms with Crippen molar-refractivity contribution in [2.75, 3.05) is 19.0 Å². The first-order valence-corrected chi connectivity index (χ1v) is 7.60. The Morgan fingerprint density at radius 3 is 3.11 bits per heavy atom. The van der Waals surface area contributed by atoms with Gasteiger partial charge in [-0.05, 0) is 19.8 Å². The standard InChI is InChI=1S/C12H21N3O2S/c1-2-17-8-10(16)9-18-12-14-13-11-6-4-3-5-7-15(11)12/h10,16H,2-9H2,1H3. The number of aliphatic hydroxyl groups is 1. The Morgan fingerprint density at radius 1 is 1.39 bits per heavy atom. The molecule has 0 saturated heterocycles. The predicted octanol–water partition coefficient (Wildman–Crippen LogP) is 1.49. The summed E-state index contributed by atoms with van der Waals surface area (Å²) in [6.45, 7) is 3.97. The third-order valence-electron chi connectivity index (χ3n) is 2.99. The Labute approximate surface area is 112 Å². The molecule has 1 aromatic heterocycles. The zero-order chi connectivity index (χ0) is 12.8. The lowest BCUT2D eigenvalue weighted by Gasteiger charge is -2.10. The van der Waals surface area contributed by atoms with E-state index in [0.717, 1.165) is 23.9 Å². The fourth-order valence-electron chi connectivity index (χ4n) is 2.04. The fourth-order valence-corrected chi connectivity index (χ4v) is 2.93. The van der Waals surface area contributed by atoms with Gasteiger partial charge < -0.3 is 14.4 Å². The van der Waals surface area contributed by atoms with Crippen LogP contribution in [-0.4, -0.2) is 44.9 Å². The molecule has 1 aliphatic rings. The number of aromatic nitrogens is 3. The number of hydrogen-bond donors (Lipinski definition) is 1. The van der Waals surface area contributed by atoms with E-state index in [1.807, 2.05) is 6.92 Å². The normalized spacial score (nSPS) is 17.2. The van der Waals surface area contributed by atoms with Crippen LogP contribution in [-0.2, 0) is 17.7 Å². The molecule has 0 fully saturated rings. The van der Waals surface area contributed by atoms with Crippen LogP contribution in [0.1, 0.15) is 32.0 Å². The van der Waals surface area contributed by atoms with Crippen LogP contribution >= 0.6 is 11.8 Å². The van der Waals surface area contributed by atoms with Crippen LogP contribution in [0.3, 0.4) is 0 Å². The van der Waals surface area contributed by atoms with Crippen molar-refractivity contribution < 1.29 is 9.84 Å². The van der Waals surface area contributed by atoms with Crippen molar-refractivity contribution in [3.05, 3.63) is 5.82 Å². The molecule has 1 aliphatic heterocycles. The van der Waals surface area contributed by atoms with E-state index in [-0.39, 0.29) is 0 Å². The minimum atomic E-state index is -0.436. The Morgan fingerprint density at radius 2 is 2.28 bits per heavy atom. The lowest BCUT2D eigenvalue weighted by atomic mass is 10.2. The van der Waals surface area contributed by atoms with Crippen molar-refractivity contribution in [1.29, 1.82) is 0 Å². The van der Waals surface area contributed by atoms with Gasteiger partial charge in [-0.2, -0.15) is 0 Å². The van der Waals surface area contributed by atoms with Gasteiger partial charge in [0.15, 0.2) is 5.16 Å². The molecule has 0 bridgehead atoms. The lowest BCUT2D eigenvalue weighted by molar-refractivity contribution is 0.0551. The zero-order valence-electron chi connectivity index (χ0n) is 10.8. The van der Waals surface area contributed by atoms with Crippen LogP contribution in [0.4, 0.5) is 0 Å². The molecule has 0 radical (unpaired) electrons. The minimum absolute atomic E-state index is 0.393. The van der Waals surface area contributed by atoms with Gasteiger partial charge in [0.05, 0.1) is 12.7 Å². The summed E-state index contributed by atoms with van der Waals surface area (Å²) < 4.78 is 7.39. The van der Waals surface area contributed by atoms with Gasteiger partial charge in [0, 0.05) is 25.3 Å². The SMILES string of the molecule is CCOCC(O)CSc1nnc2n1CCCCC2. The molecule has 0 aliphatic carbocycles. The molecule has 1 unspecified atom stereocenters. The van der Waals surface area contributed by atoms with Crippen molar-refractivity contribution in [3.63, 3.8) is 0 Å². The van der Waals surface area contributed by atoms with E-state index in [9.17, 15) is 5.11 Å². The van der Waals surface area contributed by atoms with Crippen molar-refractivity contribution in [3.8, 4) is 0 Å². The molecular formula is C12H21N3O2S. The van der Waals surface area contributed by atoms with E-state index in [0.29, 0.717) is 19.0 Å². The maximum atomic E-state index is 9.74. The molecule has 1 atom stereocenters. The minimum Gasteiger partial charge on any atom is -0.390 e. The molecule has 0 amide bonds. The van der Waals surface area contributed by atoms with Gasteiger partial charge in [0.1, 0.15) is 5.82 Å². The average Bonchev–Trinajstić information content (AvgIpc) is 2.61. The van der Waals surface area contributed by atoms with E-state index in [4.69, 9.17) is 4.74 Å². The molecule has 2 heterocycles. The van der Waals surface area contributed by atoms with E-state index >= 15 is 0 Å². The molecule has 0 aromatic carbocycles. The van der Waals surface area contributed by atoms with Crippen molar-refractivity contribution in [1.82, 2.24) is 14.8 Å². The van der Waals surface area contributed by atoms with Crippen LogP contribution in [0.5, 0.6) is 0 Å². The maximum absolute atomic E-state index is 9.74. The topological polar surface area (TPSA) is 60.2 Å². The molecule has 1 N–H and O–H groups in total. The fraction of sp³-hybridized carbons (Fsp3) is 0.833. The van der Waals surface area contributed by atoms with Gasteiger partial charge in [-0.15, -0.1) is 10.2 Å². The third kappa shape index (κ3) is 3.70. The smallest absolute Gasteiger partial charge is 0.191 e. The van der Waals surface area contributed by atoms with Crippen LogP contribution in [0.2, 0.25) is 0 Å². The number of aliphatic hydroxyl groups excluding tert-OH is 1. The first-order chi connectivity index (χ1) is 8.81. The molecule has 0 spiro atoms. The summed E-state index contributed by atoms with van der Waals surface area (Å²) >= 11 is 1.57. The quantitative estimate of drug-likeness (QED) is 0.794. The Bertz CT molecular complexity index is 370. The summed E-state index contributed by atoms with van der Waals surface area (Å²) in [5, 5.41) is 19.1. The number of aryl methyl sites for hydroxylation is 1. The Balaban J connectivity index is 1.87. The first kappa shape index (κ1) is 13.8.